The van der Waals surface area contributed by atoms with Gasteiger partial charge in [0.25, 0.3) is 10.0 Å². The molecule has 4 aromatic rings. The van der Waals surface area contributed by atoms with Gasteiger partial charge in [-0.25, -0.2) is 12.8 Å². The van der Waals surface area contributed by atoms with E-state index in [-0.39, 0.29) is 35.5 Å². The predicted molar refractivity (Wildman–Crippen MR) is 178 cm³/mol. The summed E-state index contributed by atoms with van der Waals surface area (Å²) >= 11 is 6.15. The van der Waals surface area contributed by atoms with Crippen molar-refractivity contribution in [2.24, 2.45) is 0 Å². The summed E-state index contributed by atoms with van der Waals surface area (Å²) < 4.78 is 42.9. The Balaban J connectivity index is 1.55. The van der Waals surface area contributed by atoms with Crippen molar-refractivity contribution >= 4 is 39.1 Å². The fraction of sp³-hybridized carbons (Fsp3) is 0.278. The number of aryl methyl sites for hydroxylation is 1. The summed E-state index contributed by atoms with van der Waals surface area (Å²) in [5.74, 6) is -1.44. The number of nitrogens with zero attached hydrogens (tertiary/aromatic N) is 2. The average Bonchev–Trinajstić information content (AvgIpc) is 3.56. The Morgan fingerprint density at radius 1 is 0.870 bits per heavy atom. The quantitative estimate of drug-likeness (QED) is 0.184. The van der Waals surface area contributed by atoms with E-state index in [0.717, 1.165) is 58.8 Å². The van der Waals surface area contributed by atoms with Crippen molar-refractivity contribution in [1.29, 1.82) is 0 Å². The molecule has 0 spiro atoms. The molecule has 0 bridgehead atoms. The van der Waals surface area contributed by atoms with Crippen LogP contribution in [0.15, 0.2) is 108 Å². The van der Waals surface area contributed by atoms with E-state index < -0.39 is 34.3 Å². The number of amides is 2. The lowest BCUT2D eigenvalue weighted by atomic mass is 10.0. The minimum atomic E-state index is -4.31. The standard InChI is InChI=1S/C36H37ClFN3O4S/c1-26-11-19-32(20-12-26)41(46(44,45)33-21-17-30(38)18-22-33)25-35(42)40(24-28-13-15-29(37)16-14-28)34(23-27-7-3-2-4-8-27)36(43)39-31-9-5-6-10-31/h2-4,7-8,11-22,31,34H,5-6,9-10,23-25H2,1H3,(H,39,43)/t34-/m0/s1. The van der Waals surface area contributed by atoms with Crippen molar-refractivity contribution in [3.05, 3.63) is 131 Å². The summed E-state index contributed by atoms with van der Waals surface area (Å²) in [5, 5.41) is 3.69. The normalized spacial score (nSPS) is 14.1. The number of halogens is 2. The molecule has 1 aliphatic carbocycles. The lowest BCUT2D eigenvalue weighted by molar-refractivity contribution is -0.140. The Kier molecular flexibility index (Phi) is 10.8. The third-order valence-electron chi connectivity index (χ3n) is 8.24. The highest BCUT2D eigenvalue weighted by Crippen LogP contribution is 2.26. The van der Waals surface area contributed by atoms with Crippen LogP contribution < -0.4 is 9.62 Å². The van der Waals surface area contributed by atoms with E-state index >= 15 is 0 Å². The number of anilines is 1. The van der Waals surface area contributed by atoms with Gasteiger partial charge < -0.3 is 10.2 Å². The highest BCUT2D eigenvalue weighted by molar-refractivity contribution is 7.92. The van der Waals surface area contributed by atoms with Gasteiger partial charge in [0.15, 0.2) is 0 Å². The molecular weight excluding hydrogens is 625 g/mol. The maximum atomic E-state index is 14.5. The van der Waals surface area contributed by atoms with Crippen molar-refractivity contribution in [2.45, 2.75) is 62.6 Å². The second-order valence-corrected chi connectivity index (χ2v) is 13.9. The van der Waals surface area contributed by atoms with E-state index in [1.165, 1.54) is 17.0 Å². The number of carbonyl (C=O) groups excluding carboxylic acids is 2. The zero-order valence-corrected chi connectivity index (χ0v) is 27.2. The monoisotopic (exact) mass is 661 g/mol. The van der Waals surface area contributed by atoms with Crippen LogP contribution in [0.2, 0.25) is 5.02 Å². The molecule has 46 heavy (non-hydrogen) atoms. The van der Waals surface area contributed by atoms with Gasteiger partial charge in [-0.05, 0) is 79.4 Å². The lowest BCUT2D eigenvalue weighted by Gasteiger charge is -2.34. The molecule has 5 rings (SSSR count). The van der Waals surface area contributed by atoms with E-state index in [4.69, 9.17) is 11.6 Å². The maximum Gasteiger partial charge on any atom is 0.264 e. The molecule has 10 heteroatoms. The average molecular weight is 662 g/mol. The molecule has 0 radical (unpaired) electrons. The Labute approximate surface area is 275 Å². The largest absolute Gasteiger partial charge is 0.352 e. The molecule has 240 valence electrons. The number of carbonyl (C=O) groups is 2. The van der Waals surface area contributed by atoms with Crippen LogP contribution in [-0.2, 0) is 32.6 Å². The Hall–Kier alpha value is -4.21. The highest BCUT2D eigenvalue weighted by atomic mass is 35.5. The second-order valence-electron chi connectivity index (χ2n) is 11.6. The molecule has 4 aromatic carbocycles. The van der Waals surface area contributed by atoms with Crippen LogP contribution in [0.3, 0.4) is 0 Å². The second kappa shape index (κ2) is 14.9. The molecule has 1 N–H and O–H groups in total. The van der Waals surface area contributed by atoms with Crippen LogP contribution in [0.5, 0.6) is 0 Å². The summed E-state index contributed by atoms with van der Waals surface area (Å²) in [6.45, 7) is 1.33. The van der Waals surface area contributed by atoms with Crippen LogP contribution >= 0.6 is 11.6 Å². The van der Waals surface area contributed by atoms with E-state index in [2.05, 4.69) is 5.32 Å². The van der Waals surface area contributed by atoms with Crippen LogP contribution in [0.4, 0.5) is 10.1 Å². The summed E-state index contributed by atoms with van der Waals surface area (Å²) in [4.78, 5) is 29.9. The Morgan fingerprint density at radius 3 is 2.13 bits per heavy atom. The summed E-state index contributed by atoms with van der Waals surface area (Å²) in [6.07, 6.45) is 4.01. The number of hydrogen-bond acceptors (Lipinski definition) is 4. The first-order valence-corrected chi connectivity index (χ1v) is 17.1. The molecule has 1 atom stereocenters. The number of hydrogen-bond donors (Lipinski definition) is 1. The minimum absolute atomic E-state index is 0.0150. The number of benzene rings is 4. The molecular formula is C36H37ClFN3O4S. The fourth-order valence-corrected chi connectivity index (χ4v) is 7.22. The van der Waals surface area contributed by atoms with Crippen LogP contribution in [0.25, 0.3) is 0 Å². The molecule has 0 unspecified atom stereocenters. The highest BCUT2D eigenvalue weighted by Gasteiger charge is 2.35. The molecule has 7 nitrogen and oxygen atoms in total. The van der Waals surface area contributed by atoms with Crippen molar-refractivity contribution < 1.29 is 22.4 Å². The zero-order chi connectivity index (χ0) is 32.7. The van der Waals surface area contributed by atoms with Crippen molar-refractivity contribution in [3.63, 3.8) is 0 Å². The van der Waals surface area contributed by atoms with Gasteiger partial charge in [0.2, 0.25) is 11.8 Å². The first-order valence-electron chi connectivity index (χ1n) is 15.3. The summed E-state index contributed by atoms with van der Waals surface area (Å²) in [7, 11) is -4.31. The van der Waals surface area contributed by atoms with Crippen molar-refractivity contribution in [2.75, 3.05) is 10.8 Å². The molecule has 1 aliphatic rings. The van der Waals surface area contributed by atoms with Crippen LogP contribution in [0.1, 0.15) is 42.4 Å². The Bertz CT molecular complexity index is 1730. The molecule has 0 aliphatic heterocycles. The van der Waals surface area contributed by atoms with Gasteiger partial charge in [0.05, 0.1) is 10.6 Å². The predicted octanol–water partition coefficient (Wildman–Crippen LogP) is 6.68. The summed E-state index contributed by atoms with van der Waals surface area (Å²) in [6, 6.07) is 26.8. The first-order chi connectivity index (χ1) is 22.1. The third-order valence-corrected chi connectivity index (χ3v) is 10.3. The summed E-state index contributed by atoms with van der Waals surface area (Å²) in [5.41, 5.74) is 2.76. The van der Waals surface area contributed by atoms with Crippen LogP contribution in [0, 0.1) is 12.7 Å². The lowest BCUT2D eigenvalue weighted by Crippen LogP contribution is -2.54. The van der Waals surface area contributed by atoms with Crippen LogP contribution in [-0.4, -0.2) is 43.8 Å². The van der Waals surface area contributed by atoms with Gasteiger partial charge in [0, 0.05) is 24.0 Å². The van der Waals surface area contributed by atoms with Gasteiger partial charge in [-0.1, -0.05) is 84.6 Å². The van der Waals surface area contributed by atoms with E-state index in [0.29, 0.717) is 5.02 Å². The molecule has 1 saturated carbocycles. The van der Waals surface area contributed by atoms with E-state index in [1.807, 2.05) is 37.3 Å². The van der Waals surface area contributed by atoms with Gasteiger partial charge >= 0.3 is 0 Å². The molecule has 0 saturated heterocycles. The topological polar surface area (TPSA) is 86.8 Å². The molecule has 1 fully saturated rings. The number of rotatable bonds is 12. The van der Waals surface area contributed by atoms with Gasteiger partial charge in [0.1, 0.15) is 18.4 Å². The maximum absolute atomic E-state index is 14.5. The van der Waals surface area contributed by atoms with E-state index in [9.17, 15) is 22.4 Å². The van der Waals surface area contributed by atoms with E-state index in [1.54, 1.807) is 48.5 Å². The van der Waals surface area contributed by atoms with Gasteiger partial charge in [-0.3, -0.25) is 13.9 Å². The molecule has 2 amide bonds. The smallest absolute Gasteiger partial charge is 0.264 e. The molecule has 0 heterocycles. The van der Waals surface area contributed by atoms with Gasteiger partial charge in [-0.15, -0.1) is 0 Å². The SMILES string of the molecule is Cc1ccc(N(CC(=O)N(Cc2ccc(Cl)cc2)[C@@H](Cc2ccccc2)C(=O)NC2CCCC2)S(=O)(=O)c2ccc(F)cc2)cc1. The molecule has 0 aromatic heterocycles. The minimum Gasteiger partial charge on any atom is -0.352 e. The zero-order valence-electron chi connectivity index (χ0n) is 25.6. The van der Waals surface area contributed by atoms with Crippen molar-refractivity contribution in [3.8, 4) is 0 Å². The first kappa shape index (κ1) is 33.2. The fourth-order valence-electron chi connectivity index (χ4n) is 5.68. The Morgan fingerprint density at radius 2 is 1.50 bits per heavy atom. The van der Waals surface area contributed by atoms with Crippen molar-refractivity contribution in [1.82, 2.24) is 10.2 Å². The number of nitrogens with one attached hydrogen (secondary N) is 1. The third kappa shape index (κ3) is 8.33. The number of sulfonamides is 1. The van der Waals surface area contributed by atoms with Gasteiger partial charge in [-0.2, -0.15) is 0 Å².